The molecule has 0 radical (unpaired) electrons. The van der Waals surface area contributed by atoms with Crippen molar-refractivity contribution in [1.82, 2.24) is 14.7 Å². The molecule has 0 aliphatic carbocycles. The van der Waals surface area contributed by atoms with E-state index in [1.807, 2.05) is 50.4 Å². The SMILES string of the molecule is COc1ccc(-c2csc3nc(C)n(Cc4c(C)noc4C)c(=O)c23)cc1. The Labute approximate surface area is 160 Å². The van der Waals surface area contributed by atoms with Gasteiger partial charge in [0, 0.05) is 16.5 Å². The van der Waals surface area contributed by atoms with Crippen LogP contribution in [0.3, 0.4) is 0 Å². The molecule has 0 amide bonds. The van der Waals surface area contributed by atoms with E-state index in [0.29, 0.717) is 17.8 Å². The fourth-order valence-corrected chi connectivity index (χ4v) is 4.16. The number of aryl methyl sites for hydroxylation is 3. The average Bonchev–Trinajstić information content (AvgIpc) is 3.23. The van der Waals surface area contributed by atoms with Gasteiger partial charge in [-0.15, -0.1) is 11.3 Å². The molecular weight excluding hydrogens is 362 g/mol. The van der Waals surface area contributed by atoms with Gasteiger partial charge in [0.2, 0.25) is 0 Å². The second-order valence-corrected chi connectivity index (χ2v) is 7.27. The molecule has 0 bridgehead atoms. The average molecular weight is 381 g/mol. The second-order valence-electron chi connectivity index (χ2n) is 6.41. The van der Waals surface area contributed by atoms with Crippen LogP contribution >= 0.6 is 11.3 Å². The van der Waals surface area contributed by atoms with Crippen molar-refractivity contribution < 1.29 is 9.26 Å². The zero-order chi connectivity index (χ0) is 19.1. The Morgan fingerprint density at radius 3 is 2.56 bits per heavy atom. The highest BCUT2D eigenvalue weighted by molar-refractivity contribution is 7.17. The van der Waals surface area contributed by atoms with Crippen LogP contribution < -0.4 is 10.3 Å². The molecule has 0 atom stereocenters. The first-order valence-electron chi connectivity index (χ1n) is 8.54. The summed E-state index contributed by atoms with van der Waals surface area (Å²) in [6.45, 7) is 5.99. The molecule has 0 saturated carbocycles. The molecule has 0 saturated heterocycles. The van der Waals surface area contributed by atoms with Crippen LogP contribution in [0.2, 0.25) is 0 Å². The first-order chi connectivity index (χ1) is 13.0. The molecule has 0 spiro atoms. The van der Waals surface area contributed by atoms with Crippen molar-refractivity contribution in [2.75, 3.05) is 7.11 Å². The highest BCUT2D eigenvalue weighted by atomic mass is 32.1. The molecule has 27 heavy (non-hydrogen) atoms. The molecule has 0 fully saturated rings. The van der Waals surface area contributed by atoms with Gasteiger partial charge in [-0.3, -0.25) is 9.36 Å². The molecule has 138 valence electrons. The zero-order valence-corrected chi connectivity index (χ0v) is 16.4. The molecule has 0 aliphatic heterocycles. The van der Waals surface area contributed by atoms with E-state index in [-0.39, 0.29) is 5.56 Å². The lowest BCUT2D eigenvalue weighted by Crippen LogP contribution is -2.24. The maximum atomic E-state index is 13.3. The molecule has 4 aromatic rings. The predicted molar refractivity (Wildman–Crippen MR) is 106 cm³/mol. The molecule has 4 rings (SSSR count). The number of rotatable bonds is 4. The number of fused-ring (bicyclic) bond motifs is 1. The number of ether oxygens (including phenoxy) is 1. The van der Waals surface area contributed by atoms with Crippen molar-refractivity contribution in [2.45, 2.75) is 27.3 Å². The van der Waals surface area contributed by atoms with E-state index in [2.05, 4.69) is 10.1 Å². The summed E-state index contributed by atoms with van der Waals surface area (Å²) in [5.74, 6) is 2.18. The molecule has 6 nitrogen and oxygen atoms in total. The first kappa shape index (κ1) is 17.5. The number of aromatic nitrogens is 3. The number of methoxy groups -OCH3 is 1. The maximum Gasteiger partial charge on any atom is 0.263 e. The molecule has 7 heteroatoms. The summed E-state index contributed by atoms with van der Waals surface area (Å²) >= 11 is 1.48. The van der Waals surface area contributed by atoms with Gasteiger partial charge in [0.1, 0.15) is 22.2 Å². The minimum Gasteiger partial charge on any atom is -0.497 e. The van der Waals surface area contributed by atoms with Gasteiger partial charge in [-0.1, -0.05) is 17.3 Å². The van der Waals surface area contributed by atoms with E-state index in [1.165, 1.54) is 11.3 Å². The molecule has 3 aromatic heterocycles. The molecular formula is C20H19N3O3S. The van der Waals surface area contributed by atoms with Crippen molar-refractivity contribution in [1.29, 1.82) is 0 Å². The third-order valence-corrected chi connectivity index (χ3v) is 5.66. The van der Waals surface area contributed by atoms with E-state index >= 15 is 0 Å². The van der Waals surface area contributed by atoms with Gasteiger partial charge in [-0.25, -0.2) is 4.98 Å². The van der Waals surface area contributed by atoms with Crippen molar-refractivity contribution >= 4 is 21.6 Å². The van der Waals surface area contributed by atoms with Gasteiger partial charge in [0.15, 0.2) is 0 Å². The Bertz CT molecular complexity index is 1170. The Kier molecular flexibility index (Phi) is 4.31. The van der Waals surface area contributed by atoms with Crippen LogP contribution in [0.25, 0.3) is 21.3 Å². The van der Waals surface area contributed by atoms with Crippen LogP contribution in [0.15, 0.2) is 39.0 Å². The largest absolute Gasteiger partial charge is 0.497 e. The zero-order valence-electron chi connectivity index (χ0n) is 15.6. The third-order valence-electron chi connectivity index (χ3n) is 4.78. The van der Waals surface area contributed by atoms with E-state index < -0.39 is 0 Å². The molecule has 0 N–H and O–H groups in total. The van der Waals surface area contributed by atoms with Gasteiger partial charge < -0.3 is 9.26 Å². The van der Waals surface area contributed by atoms with Crippen molar-refractivity contribution in [2.24, 2.45) is 0 Å². The lowest BCUT2D eigenvalue weighted by molar-refractivity contribution is 0.392. The van der Waals surface area contributed by atoms with Crippen LogP contribution in [0.4, 0.5) is 0 Å². The van der Waals surface area contributed by atoms with Gasteiger partial charge in [-0.05, 0) is 38.5 Å². The summed E-state index contributed by atoms with van der Waals surface area (Å²) < 4.78 is 12.2. The minimum atomic E-state index is -0.0513. The van der Waals surface area contributed by atoms with E-state index in [1.54, 1.807) is 11.7 Å². The van der Waals surface area contributed by atoms with Crippen LogP contribution in [-0.4, -0.2) is 21.8 Å². The normalized spacial score (nSPS) is 11.3. The molecule has 0 unspecified atom stereocenters. The van der Waals surface area contributed by atoms with Crippen LogP contribution in [-0.2, 0) is 6.54 Å². The topological polar surface area (TPSA) is 70.2 Å². The van der Waals surface area contributed by atoms with E-state index in [0.717, 1.165) is 38.7 Å². The van der Waals surface area contributed by atoms with Gasteiger partial charge in [0.05, 0.1) is 24.7 Å². The lowest BCUT2D eigenvalue weighted by atomic mass is 10.1. The molecule has 3 heterocycles. The Morgan fingerprint density at radius 2 is 1.93 bits per heavy atom. The first-order valence-corrected chi connectivity index (χ1v) is 9.42. The van der Waals surface area contributed by atoms with Crippen LogP contribution in [0.1, 0.15) is 22.8 Å². The van der Waals surface area contributed by atoms with Crippen molar-refractivity contribution in [3.63, 3.8) is 0 Å². The summed E-state index contributed by atoms with van der Waals surface area (Å²) in [4.78, 5) is 18.7. The standard InChI is InChI=1S/C20H19N3O3S/c1-11-16(12(2)26-22-11)9-23-13(3)21-19-18(20(23)24)17(10-27-19)14-5-7-15(25-4)8-6-14/h5-8,10H,9H2,1-4H3. The smallest absolute Gasteiger partial charge is 0.263 e. The highest BCUT2D eigenvalue weighted by Gasteiger charge is 2.18. The predicted octanol–water partition coefficient (Wildman–Crippen LogP) is 4.10. The number of benzene rings is 1. The highest BCUT2D eigenvalue weighted by Crippen LogP contribution is 2.32. The number of thiophene rings is 1. The number of nitrogens with zero attached hydrogens (tertiary/aromatic N) is 3. The van der Waals surface area contributed by atoms with Gasteiger partial charge in [-0.2, -0.15) is 0 Å². The molecule has 0 aliphatic rings. The van der Waals surface area contributed by atoms with Crippen molar-refractivity contribution in [3.05, 3.63) is 62.8 Å². The summed E-state index contributed by atoms with van der Waals surface area (Å²) in [5, 5.41) is 6.61. The maximum absolute atomic E-state index is 13.3. The molecule has 1 aromatic carbocycles. The second kappa shape index (κ2) is 6.66. The number of hydrogen-bond acceptors (Lipinski definition) is 6. The van der Waals surface area contributed by atoms with Crippen molar-refractivity contribution in [3.8, 4) is 16.9 Å². The van der Waals surface area contributed by atoms with Crippen LogP contribution in [0.5, 0.6) is 5.75 Å². The summed E-state index contributed by atoms with van der Waals surface area (Å²) in [6.07, 6.45) is 0. The Morgan fingerprint density at radius 1 is 1.19 bits per heavy atom. The third kappa shape index (κ3) is 2.94. The fourth-order valence-electron chi connectivity index (χ4n) is 3.18. The van der Waals surface area contributed by atoms with E-state index in [9.17, 15) is 4.79 Å². The van der Waals surface area contributed by atoms with Gasteiger partial charge >= 0.3 is 0 Å². The summed E-state index contributed by atoms with van der Waals surface area (Å²) in [5.41, 5.74) is 3.52. The lowest BCUT2D eigenvalue weighted by Gasteiger charge is -2.10. The number of hydrogen-bond donors (Lipinski definition) is 0. The summed E-state index contributed by atoms with van der Waals surface area (Å²) in [6, 6.07) is 7.70. The quantitative estimate of drug-likeness (QED) is 0.532. The van der Waals surface area contributed by atoms with Gasteiger partial charge in [0.25, 0.3) is 5.56 Å². The Balaban J connectivity index is 1.88. The Hall–Kier alpha value is -2.93. The van der Waals surface area contributed by atoms with E-state index in [4.69, 9.17) is 9.26 Å². The monoisotopic (exact) mass is 381 g/mol. The minimum absolute atomic E-state index is 0.0513. The van der Waals surface area contributed by atoms with Crippen LogP contribution in [0, 0.1) is 20.8 Å². The summed E-state index contributed by atoms with van der Waals surface area (Å²) in [7, 11) is 1.63. The fraction of sp³-hybridized carbons (Fsp3) is 0.250.